The molecule has 104 valence electrons. The Labute approximate surface area is 122 Å². The molecule has 0 N–H and O–H groups in total. The molecule has 0 aromatic rings. The van der Waals surface area contributed by atoms with E-state index >= 15 is 0 Å². The van der Waals surface area contributed by atoms with E-state index in [2.05, 4.69) is 61.0 Å². The van der Waals surface area contributed by atoms with E-state index in [1.165, 1.54) is 11.1 Å². The van der Waals surface area contributed by atoms with Gasteiger partial charge in [-0.25, -0.2) is 0 Å². The van der Waals surface area contributed by atoms with Gasteiger partial charge in [0.25, 0.3) is 0 Å². The topological polar surface area (TPSA) is 12.4 Å². The molecule has 1 aliphatic heterocycles. The van der Waals surface area contributed by atoms with Crippen molar-refractivity contribution in [2.45, 2.75) is 32.6 Å². The van der Waals surface area contributed by atoms with Gasteiger partial charge in [-0.1, -0.05) is 55.5 Å². The fourth-order valence-electron chi connectivity index (χ4n) is 2.38. The average molecular weight is 265 g/mol. The molecule has 0 bridgehead atoms. The minimum Gasteiger partial charge on any atom is -0.256 e. The largest absolute Gasteiger partial charge is 0.256 e. The van der Waals surface area contributed by atoms with Crippen LogP contribution in [0.4, 0.5) is 0 Å². The van der Waals surface area contributed by atoms with Crippen LogP contribution >= 0.6 is 0 Å². The summed E-state index contributed by atoms with van der Waals surface area (Å²) in [4.78, 5) is 4.59. The van der Waals surface area contributed by atoms with Gasteiger partial charge in [0.05, 0.1) is 5.71 Å². The van der Waals surface area contributed by atoms with Crippen molar-refractivity contribution in [2.24, 2.45) is 10.9 Å². The average Bonchev–Trinajstić information content (AvgIpc) is 2.73. The van der Waals surface area contributed by atoms with E-state index in [4.69, 9.17) is 0 Å². The van der Waals surface area contributed by atoms with Crippen LogP contribution in [0.2, 0.25) is 0 Å². The van der Waals surface area contributed by atoms with Gasteiger partial charge in [0.2, 0.25) is 0 Å². The lowest BCUT2D eigenvalue weighted by Gasteiger charge is -2.13. The zero-order chi connectivity index (χ0) is 14.2. The van der Waals surface area contributed by atoms with Crippen molar-refractivity contribution < 1.29 is 0 Å². The summed E-state index contributed by atoms with van der Waals surface area (Å²) in [6.07, 6.45) is 23.5. The molecule has 2 rings (SSSR count). The first-order chi connectivity index (χ1) is 9.85. The lowest BCUT2D eigenvalue weighted by atomic mass is 9.96. The van der Waals surface area contributed by atoms with Gasteiger partial charge in [-0.3, -0.25) is 4.99 Å². The minimum absolute atomic E-state index is 0.539. The highest BCUT2D eigenvalue weighted by Crippen LogP contribution is 2.22. The van der Waals surface area contributed by atoms with Gasteiger partial charge < -0.3 is 0 Å². The van der Waals surface area contributed by atoms with Crippen LogP contribution in [0.25, 0.3) is 0 Å². The first-order valence-electron chi connectivity index (χ1n) is 7.45. The second-order valence-electron chi connectivity index (χ2n) is 5.10. The normalized spacial score (nSPS) is 23.4. The van der Waals surface area contributed by atoms with Gasteiger partial charge in [-0.05, 0) is 37.2 Å². The number of unbranched alkanes of at least 4 members (excludes halogenated alkanes) is 1. The number of allylic oxidation sites excluding steroid dienone is 10. The third-order valence-electron chi connectivity index (χ3n) is 3.61. The predicted octanol–water partition coefficient (Wildman–Crippen LogP) is 5.32. The van der Waals surface area contributed by atoms with Gasteiger partial charge in [-0.2, -0.15) is 0 Å². The standard InChI is InChI=1S/C19H23N/c1-3-5-6-10-17-12-8-15-20-19(17)18-11-7-9-16(4-2)13-14-18/h3,7-11,13-16H,1,4-6,12H2,2H3/b17-10+/t16-/m0/s1. The summed E-state index contributed by atoms with van der Waals surface area (Å²) >= 11 is 0. The molecule has 20 heavy (non-hydrogen) atoms. The molecule has 0 saturated heterocycles. The third kappa shape index (κ3) is 3.80. The van der Waals surface area contributed by atoms with E-state index in [-0.39, 0.29) is 0 Å². The molecular formula is C19H23N. The Balaban J connectivity index is 2.20. The third-order valence-corrected chi connectivity index (χ3v) is 3.61. The van der Waals surface area contributed by atoms with E-state index < -0.39 is 0 Å². The molecule has 0 radical (unpaired) electrons. The monoisotopic (exact) mass is 265 g/mol. The summed E-state index contributed by atoms with van der Waals surface area (Å²) in [5.41, 5.74) is 3.66. The van der Waals surface area contributed by atoms with Crippen LogP contribution in [0.1, 0.15) is 32.6 Å². The molecule has 0 unspecified atom stereocenters. The van der Waals surface area contributed by atoms with Gasteiger partial charge >= 0.3 is 0 Å². The lowest BCUT2D eigenvalue weighted by Crippen LogP contribution is -2.07. The van der Waals surface area contributed by atoms with Crippen LogP contribution < -0.4 is 0 Å². The quantitative estimate of drug-likeness (QED) is 0.471. The van der Waals surface area contributed by atoms with Crippen molar-refractivity contribution in [1.82, 2.24) is 0 Å². The summed E-state index contributed by atoms with van der Waals surface area (Å²) in [5.74, 6) is 0.539. The Hall–Kier alpha value is -1.89. The second-order valence-corrected chi connectivity index (χ2v) is 5.10. The van der Waals surface area contributed by atoms with Gasteiger partial charge in [0, 0.05) is 11.8 Å². The SMILES string of the molecule is C=CCC/C=C1\CC=CN=C1C1=CC=C[C@H](CC)C=C1. The van der Waals surface area contributed by atoms with Crippen LogP contribution in [-0.4, -0.2) is 5.71 Å². The van der Waals surface area contributed by atoms with Crippen molar-refractivity contribution in [2.75, 3.05) is 0 Å². The second kappa shape index (κ2) is 7.64. The van der Waals surface area contributed by atoms with Crippen molar-refractivity contribution >= 4 is 5.71 Å². The van der Waals surface area contributed by atoms with E-state index in [0.717, 1.165) is 31.4 Å². The number of aliphatic imine (C=N–C) groups is 1. The number of rotatable bonds is 5. The Kier molecular flexibility index (Phi) is 5.55. The summed E-state index contributed by atoms with van der Waals surface area (Å²) in [6, 6.07) is 0. The Morgan fingerprint density at radius 3 is 3.05 bits per heavy atom. The molecule has 0 fully saturated rings. The molecule has 0 amide bonds. The van der Waals surface area contributed by atoms with Gasteiger partial charge in [0.15, 0.2) is 0 Å². The van der Waals surface area contributed by atoms with E-state index in [0.29, 0.717) is 5.92 Å². The molecule has 2 aliphatic rings. The van der Waals surface area contributed by atoms with Crippen LogP contribution in [0.3, 0.4) is 0 Å². The lowest BCUT2D eigenvalue weighted by molar-refractivity contribution is 0.775. The van der Waals surface area contributed by atoms with Crippen LogP contribution in [0, 0.1) is 5.92 Å². The fourth-order valence-corrected chi connectivity index (χ4v) is 2.38. The molecule has 1 heterocycles. The summed E-state index contributed by atoms with van der Waals surface area (Å²) < 4.78 is 0. The summed E-state index contributed by atoms with van der Waals surface area (Å²) in [5, 5.41) is 0. The van der Waals surface area contributed by atoms with Crippen LogP contribution in [-0.2, 0) is 0 Å². The van der Waals surface area contributed by atoms with Gasteiger partial charge in [-0.15, -0.1) is 6.58 Å². The molecule has 0 saturated carbocycles. The molecule has 1 heteroatoms. The molecule has 1 nitrogen and oxygen atoms in total. The highest BCUT2D eigenvalue weighted by atomic mass is 14.7. The first kappa shape index (κ1) is 14.5. The zero-order valence-corrected chi connectivity index (χ0v) is 12.3. The molecule has 1 aliphatic carbocycles. The number of nitrogens with zero attached hydrogens (tertiary/aromatic N) is 1. The van der Waals surface area contributed by atoms with Crippen molar-refractivity contribution in [3.63, 3.8) is 0 Å². The maximum Gasteiger partial charge on any atom is 0.0733 e. The van der Waals surface area contributed by atoms with E-state index in [1.807, 2.05) is 12.3 Å². The molecule has 0 aromatic carbocycles. The van der Waals surface area contributed by atoms with Crippen LogP contribution in [0.5, 0.6) is 0 Å². The minimum atomic E-state index is 0.539. The highest BCUT2D eigenvalue weighted by Gasteiger charge is 2.12. The predicted molar refractivity (Wildman–Crippen MR) is 88.9 cm³/mol. The Morgan fingerprint density at radius 2 is 2.25 bits per heavy atom. The summed E-state index contributed by atoms with van der Waals surface area (Å²) in [6.45, 7) is 5.99. The Bertz CT molecular complexity index is 524. The number of hydrogen-bond acceptors (Lipinski definition) is 1. The Morgan fingerprint density at radius 1 is 1.35 bits per heavy atom. The van der Waals surface area contributed by atoms with Crippen LogP contribution in [0.15, 0.2) is 77.5 Å². The molecule has 0 aromatic heterocycles. The van der Waals surface area contributed by atoms with Crippen molar-refractivity contribution in [1.29, 1.82) is 0 Å². The molecular weight excluding hydrogens is 242 g/mol. The van der Waals surface area contributed by atoms with E-state index in [9.17, 15) is 0 Å². The maximum atomic E-state index is 4.59. The molecule has 0 spiro atoms. The highest BCUT2D eigenvalue weighted by molar-refractivity contribution is 6.15. The summed E-state index contributed by atoms with van der Waals surface area (Å²) in [7, 11) is 0. The van der Waals surface area contributed by atoms with Crippen molar-refractivity contribution in [3.05, 3.63) is 72.5 Å². The first-order valence-corrected chi connectivity index (χ1v) is 7.45. The van der Waals surface area contributed by atoms with Crippen molar-refractivity contribution in [3.8, 4) is 0 Å². The fraction of sp³-hybridized carbons (Fsp3) is 0.316. The smallest absolute Gasteiger partial charge is 0.0733 e. The van der Waals surface area contributed by atoms with E-state index in [1.54, 1.807) is 0 Å². The zero-order valence-electron chi connectivity index (χ0n) is 12.3. The number of hydrogen-bond donors (Lipinski definition) is 0. The van der Waals surface area contributed by atoms with Gasteiger partial charge in [0.1, 0.15) is 0 Å². The maximum absolute atomic E-state index is 4.59. The molecule has 1 atom stereocenters.